The third-order valence-electron chi connectivity index (χ3n) is 3.61. The van der Waals surface area contributed by atoms with Crippen molar-refractivity contribution in [3.05, 3.63) is 58.4 Å². The number of aliphatic hydroxyl groups excluding tert-OH is 1. The van der Waals surface area contributed by atoms with Gasteiger partial charge in [-0.1, -0.05) is 23.7 Å². The van der Waals surface area contributed by atoms with Crippen molar-refractivity contribution in [1.82, 2.24) is 0 Å². The summed E-state index contributed by atoms with van der Waals surface area (Å²) in [5.41, 5.74) is 1.02. The smallest absolute Gasteiger partial charge is 0.148 e. The molecular formula is C16H14ClFO3. The molecule has 1 aliphatic rings. The van der Waals surface area contributed by atoms with E-state index in [4.69, 9.17) is 21.1 Å². The molecule has 0 aromatic heterocycles. The molecule has 0 saturated heterocycles. The lowest BCUT2D eigenvalue weighted by molar-refractivity contribution is 0.0638. The average molecular weight is 309 g/mol. The van der Waals surface area contributed by atoms with Gasteiger partial charge in [-0.25, -0.2) is 4.39 Å². The van der Waals surface area contributed by atoms with Crippen LogP contribution >= 0.6 is 11.6 Å². The zero-order valence-corrected chi connectivity index (χ0v) is 12.1. The Kier molecular flexibility index (Phi) is 3.74. The maximum atomic E-state index is 14.1. The zero-order valence-electron chi connectivity index (χ0n) is 11.3. The van der Waals surface area contributed by atoms with E-state index in [1.165, 1.54) is 6.07 Å². The number of hydrogen-bond donors (Lipinski definition) is 1. The Hall–Kier alpha value is -1.78. The first-order chi connectivity index (χ1) is 10.1. The SMILES string of the molecule is COc1ccc2c(c1)OC(c1cccc(Cl)c1F)C[C@H]2O. The van der Waals surface area contributed by atoms with E-state index < -0.39 is 18.0 Å². The second-order valence-electron chi connectivity index (χ2n) is 4.90. The lowest BCUT2D eigenvalue weighted by Gasteiger charge is -2.30. The molecule has 0 bridgehead atoms. The van der Waals surface area contributed by atoms with E-state index in [2.05, 4.69) is 0 Å². The second kappa shape index (κ2) is 5.54. The van der Waals surface area contributed by atoms with E-state index in [1.54, 1.807) is 37.4 Å². The van der Waals surface area contributed by atoms with Gasteiger partial charge in [0, 0.05) is 23.6 Å². The molecule has 2 aromatic rings. The van der Waals surface area contributed by atoms with Crippen LogP contribution in [0.5, 0.6) is 11.5 Å². The Morgan fingerprint density at radius 2 is 2.10 bits per heavy atom. The number of benzene rings is 2. The Labute approximate surface area is 126 Å². The van der Waals surface area contributed by atoms with E-state index >= 15 is 0 Å². The van der Waals surface area contributed by atoms with Crippen LogP contribution in [-0.4, -0.2) is 12.2 Å². The molecule has 0 amide bonds. The van der Waals surface area contributed by atoms with E-state index in [0.29, 0.717) is 22.6 Å². The van der Waals surface area contributed by atoms with Crippen LogP contribution in [0, 0.1) is 5.82 Å². The third kappa shape index (κ3) is 2.57. The van der Waals surface area contributed by atoms with Crippen molar-refractivity contribution in [2.24, 2.45) is 0 Å². The van der Waals surface area contributed by atoms with Gasteiger partial charge in [-0.3, -0.25) is 0 Å². The normalized spacial score (nSPS) is 20.6. The number of fused-ring (bicyclic) bond motifs is 1. The van der Waals surface area contributed by atoms with Crippen molar-refractivity contribution in [2.45, 2.75) is 18.6 Å². The van der Waals surface area contributed by atoms with Crippen LogP contribution < -0.4 is 9.47 Å². The molecule has 1 heterocycles. The van der Waals surface area contributed by atoms with Crippen LogP contribution in [0.25, 0.3) is 0 Å². The Morgan fingerprint density at radius 1 is 1.29 bits per heavy atom. The maximum absolute atomic E-state index is 14.1. The van der Waals surface area contributed by atoms with E-state index in [1.807, 2.05) is 0 Å². The summed E-state index contributed by atoms with van der Waals surface area (Å²) >= 11 is 5.80. The molecule has 110 valence electrons. The summed E-state index contributed by atoms with van der Waals surface area (Å²) in [5, 5.41) is 10.3. The monoisotopic (exact) mass is 308 g/mol. The Morgan fingerprint density at radius 3 is 2.86 bits per heavy atom. The first-order valence-corrected chi connectivity index (χ1v) is 6.94. The summed E-state index contributed by atoms with van der Waals surface area (Å²) < 4.78 is 25.1. The van der Waals surface area contributed by atoms with E-state index in [-0.39, 0.29) is 11.4 Å². The fraction of sp³-hybridized carbons (Fsp3) is 0.250. The highest BCUT2D eigenvalue weighted by molar-refractivity contribution is 6.30. The minimum atomic E-state index is -0.719. The van der Waals surface area contributed by atoms with Crippen LogP contribution in [0.15, 0.2) is 36.4 Å². The van der Waals surface area contributed by atoms with Gasteiger partial charge in [-0.2, -0.15) is 0 Å². The minimum absolute atomic E-state index is 0.0435. The van der Waals surface area contributed by atoms with E-state index in [0.717, 1.165) is 0 Å². The summed E-state index contributed by atoms with van der Waals surface area (Å²) in [5.74, 6) is 0.605. The first kappa shape index (κ1) is 14.2. The van der Waals surface area contributed by atoms with Crippen molar-refractivity contribution in [1.29, 1.82) is 0 Å². The highest BCUT2D eigenvalue weighted by Gasteiger charge is 2.30. The van der Waals surface area contributed by atoms with Crippen molar-refractivity contribution in [3.63, 3.8) is 0 Å². The quantitative estimate of drug-likeness (QED) is 0.910. The summed E-state index contributed by atoms with van der Waals surface area (Å²) in [6, 6.07) is 9.96. The zero-order chi connectivity index (χ0) is 15.0. The predicted molar refractivity (Wildman–Crippen MR) is 77.3 cm³/mol. The minimum Gasteiger partial charge on any atom is -0.497 e. The van der Waals surface area contributed by atoms with E-state index in [9.17, 15) is 9.50 Å². The van der Waals surface area contributed by atoms with Crippen LogP contribution in [0.2, 0.25) is 5.02 Å². The summed E-state index contributed by atoms with van der Waals surface area (Å²) in [6.07, 6.45) is -1.03. The lowest BCUT2D eigenvalue weighted by Crippen LogP contribution is -2.20. The Bertz CT molecular complexity index is 675. The molecule has 0 radical (unpaired) electrons. The number of ether oxygens (including phenoxy) is 2. The summed E-state index contributed by atoms with van der Waals surface area (Å²) in [7, 11) is 1.55. The maximum Gasteiger partial charge on any atom is 0.148 e. The number of aliphatic hydroxyl groups is 1. The van der Waals surface area contributed by atoms with Gasteiger partial charge in [-0.15, -0.1) is 0 Å². The van der Waals surface area contributed by atoms with Gasteiger partial charge in [0.25, 0.3) is 0 Å². The highest BCUT2D eigenvalue weighted by atomic mass is 35.5. The molecule has 0 aliphatic carbocycles. The fourth-order valence-corrected chi connectivity index (χ4v) is 2.69. The van der Waals surface area contributed by atoms with Gasteiger partial charge in [0.05, 0.1) is 18.2 Å². The van der Waals surface area contributed by atoms with Gasteiger partial charge in [0.2, 0.25) is 0 Å². The molecule has 3 nitrogen and oxygen atoms in total. The molecule has 2 aromatic carbocycles. The van der Waals surface area contributed by atoms with Crippen molar-refractivity contribution in [2.75, 3.05) is 7.11 Å². The molecule has 2 atom stereocenters. The van der Waals surface area contributed by atoms with Crippen molar-refractivity contribution in [3.8, 4) is 11.5 Å². The molecule has 21 heavy (non-hydrogen) atoms. The molecule has 3 rings (SSSR count). The summed E-state index contributed by atoms with van der Waals surface area (Å²) in [4.78, 5) is 0. The van der Waals surface area contributed by atoms with Gasteiger partial charge in [0.1, 0.15) is 23.4 Å². The topological polar surface area (TPSA) is 38.7 Å². The van der Waals surface area contributed by atoms with Crippen molar-refractivity contribution < 1.29 is 19.0 Å². The third-order valence-corrected chi connectivity index (χ3v) is 3.91. The molecule has 1 unspecified atom stereocenters. The molecule has 1 aliphatic heterocycles. The number of hydrogen-bond acceptors (Lipinski definition) is 3. The molecule has 5 heteroatoms. The molecule has 1 N–H and O–H groups in total. The lowest BCUT2D eigenvalue weighted by atomic mass is 9.94. The summed E-state index contributed by atoms with van der Waals surface area (Å²) in [6.45, 7) is 0. The predicted octanol–water partition coefficient (Wildman–Crippen LogP) is 4.04. The first-order valence-electron chi connectivity index (χ1n) is 6.56. The van der Waals surface area contributed by atoms with Gasteiger partial charge in [0.15, 0.2) is 0 Å². The van der Waals surface area contributed by atoms with Crippen LogP contribution in [-0.2, 0) is 0 Å². The fourth-order valence-electron chi connectivity index (χ4n) is 2.51. The molecular weight excluding hydrogens is 295 g/mol. The number of methoxy groups -OCH3 is 1. The number of rotatable bonds is 2. The largest absolute Gasteiger partial charge is 0.497 e. The van der Waals surface area contributed by atoms with Crippen LogP contribution in [0.4, 0.5) is 4.39 Å². The molecule has 0 spiro atoms. The van der Waals surface area contributed by atoms with Crippen LogP contribution in [0.3, 0.4) is 0 Å². The Balaban J connectivity index is 1.99. The number of halogens is 2. The van der Waals surface area contributed by atoms with Gasteiger partial charge in [-0.05, 0) is 18.2 Å². The molecule has 0 saturated carbocycles. The van der Waals surface area contributed by atoms with Gasteiger partial charge < -0.3 is 14.6 Å². The average Bonchev–Trinajstić information content (AvgIpc) is 2.49. The van der Waals surface area contributed by atoms with Crippen LogP contribution in [0.1, 0.15) is 29.8 Å². The molecule has 0 fully saturated rings. The second-order valence-corrected chi connectivity index (χ2v) is 5.31. The van der Waals surface area contributed by atoms with Gasteiger partial charge >= 0.3 is 0 Å². The highest BCUT2D eigenvalue weighted by Crippen LogP contribution is 2.43. The standard InChI is InChI=1S/C16H14ClFO3/c1-20-9-5-6-10-13(19)8-15(21-14(10)7-9)11-3-2-4-12(17)16(11)18/h2-7,13,15,19H,8H2,1H3/t13-,15?/m1/s1. The van der Waals surface area contributed by atoms with Crippen molar-refractivity contribution >= 4 is 11.6 Å².